The zero-order valence-corrected chi connectivity index (χ0v) is 20.2. The molecule has 0 bridgehead atoms. The normalized spacial score (nSPS) is 14.8. The number of hydrogen-bond acceptors (Lipinski definition) is 2. The molecule has 0 fully saturated rings. The molecule has 10 heteroatoms. The smallest absolute Gasteiger partial charge is 0.280 e. The zero-order valence-electron chi connectivity index (χ0n) is 19.4. The maximum absolute atomic E-state index is 14.4. The van der Waals surface area contributed by atoms with E-state index in [2.05, 4.69) is 5.10 Å². The van der Waals surface area contributed by atoms with Gasteiger partial charge in [0.1, 0.15) is 5.69 Å². The number of aromatic nitrogens is 1. The van der Waals surface area contributed by atoms with Crippen LogP contribution >= 0.6 is 11.6 Å². The van der Waals surface area contributed by atoms with E-state index in [0.29, 0.717) is 17.1 Å². The molecule has 188 valence electrons. The summed E-state index contributed by atoms with van der Waals surface area (Å²) in [5.41, 5.74) is 1.83. The maximum Gasteiger partial charge on any atom is 0.280 e. The van der Waals surface area contributed by atoms with Gasteiger partial charge in [-0.1, -0.05) is 41.9 Å². The molecule has 0 spiro atoms. The minimum absolute atomic E-state index is 0.0438. The van der Waals surface area contributed by atoms with Gasteiger partial charge in [-0.05, 0) is 43.7 Å². The number of para-hydroxylation sites is 1. The molecular weight excluding hydrogens is 513 g/mol. The quantitative estimate of drug-likeness (QED) is 0.120. The summed E-state index contributed by atoms with van der Waals surface area (Å²) < 4.78 is 71.9. The first-order valence-corrected chi connectivity index (χ1v) is 11.4. The predicted octanol–water partition coefficient (Wildman–Crippen LogP) is 7.15. The van der Waals surface area contributed by atoms with Crippen molar-refractivity contribution in [2.45, 2.75) is 20.4 Å². The molecule has 1 aromatic heterocycles. The molecule has 0 radical (unpaired) electrons. The Morgan fingerprint density at radius 3 is 2.22 bits per heavy atom. The molecule has 1 aliphatic heterocycles. The Balaban J connectivity index is 1.62. The minimum atomic E-state index is -2.31. The lowest BCUT2D eigenvalue weighted by Gasteiger charge is -2.15. The van der Waals surface area contributed by atoms with Gasteiger partial charge >= 0.3 is 0 Å². The molecule has 0 N–H and O–H groups in total. The minimum Gasteiger partial charge on any atom is -0.340 e. The third-order valence-electron chi connectivity index (χ3n) is 6.26. The van der Waals surface area contributed by atoms with Crippen molar-refractivity contribution in [2.75, 3.05) is 5.01 Å². The summed E-state index contributed by atoms with van der Waals surface area (Å²) in [5.74, 6) is -11.9. The van der Waals surface area contributed by atoms with Crippen molar-refractivity contribution < 1.29 is 26.7 Å². The zero-order chi connectivity index (χ0) is 26.6. The van der Waals surface area contributed by atoms with Crippen LogP contribution in [-0.2, 0) is 11.3 Å². The second kappa shape index (κ2) is 9.15. The van der Waals surface area contributed by atoms with Crippen LogP contribution in [0.15, 0.2) is 59.2 Å². The van der Waals surface area contributed by atoms with Crippen molar-refractivity contribution >= 4 is 45.9 Å². The topological polar surface area (TPSA) is 37.6 Å². The van der Waals surface area contributed by atoms with E-state index < -0.39 is 40.7 Å². The summed E-state index contributed by atoms with van der Waals surface area (Å²) in [5, 5.41) is 5.41. The van der Waals surface area contributed by atoms with E-state index in [-0.39, 0.29) is 16.3 Å². The number of carbonyl (C=O) groups excluding carboxylic acids is 1. The second-order valence-electron chi connectivity index (χ2n) is 8.51. The fourth-order valence-electron chi connectivity index (χ4n) is 4.42. The Kier molecular flexibility index (Phi) is 6.11. The van der Waals surface area contributed by atoms with Crippen LogP contribution in [0.25, 0.3) is 17.0 Å². The van der Waals surface area contributed by atoms with Crippen LogP contribution in [0.3, 0.4) is 0 Å². The van der Waals surface area contributed by atoms with Gasteiger partial charge in [-0.25, -0.2) is 22.0 Å². The first kappa shape index (κ1) is 24.7. The molecule has 37 heavy (non-hydrogen) atoms. The van der Waals surface area contributed by atoms with Crippen molar-refractivity contribution in [1.82, 2.24) is 4.57 Å². The van der Waals surface area contributed by atoms with Crippen molar-refractivity contribution in [3.8, 4) is 0 Å². The Bertz CT molecular complexity index is 1650. The third-order valence-corrected chi connectivity index (χ3v) is 6.49. The standard InChI is InChI=1S/C27H17ClF5N3O/c1-13-18(27(37)36(34-13)26-24(32)22(30)21(29)23(31)25(26)33)11-19-14(2)35(20-9-4-3-8-17(19)20)12-15-6-5-7-16(28)10-15/h3-11H,12H2,1-2H3/b18-11-. The number of benzene rings is 3. The summed E-state index contributed by atoms with van der Waals surface area (Å²) in [4.78, 5) is 13.2. The molecular formula is C27H17ClF5N3O. The van der Waals surface area contributed by atoms with Crippen molar-refractivity contribution in [1.29, 1.82) is 0 Å². The Morgan fingerprint density at radius 2 is 1.54 bits per heavy atom. The first-order valence-electron chi connectivity index (χ1n) is 11.1. The first-order chi connectivity index (χ1) is 17.6. The molecule has 5 rings (SSSR count). The van der Waals surface area contributed by atoms with Gasteiger partial charge < -0.3 is 4.57 Å². The fraction of sp³-hybridized carbons (Fsp3) is 0.111. The number of nitrogens with zero attached hydrogens (tertiary/aromatic N) is 3. The van der Waals surface area contributed by atoms with Crippen LogP contribution in [0.5, 0.6) is 0 Å². The Labute approximate surface area is 212 Å². The van der Waals surface area contributed by atoms with E-state index in [1.807, 2.05) is 54.0 Å². The van der Waals surface area contributed by atoms with Gasteiger partial charge in [0.2, 0.25) is 5.82 Å². The highest BCUT2D eigenvalue weighted by molar-refractivity contribution is 6.32. The van der Waals surface area contributed by atoms with Gasteiger partial charge in [-0.15, -0.1) is 0 Å². The number of rotatable bonds is 4. The number of anilines is 1. The molecule has 0 saturated heterocycles. The van der Waals surface area contributed by atoms with E-state index in [9.17, 15) is 26.7 Å². The molecule has 4 nitrogen and oxygen atoms in total. The van der Waals surface area contributed by atoms with E-state index in [1.54, 1.807) is 6.07 Å². The SMILES string of the molecule is CC1=NN(c2c(F)c(F)c(F)c(F)c2F)C(=O)/C1=C\c1c(C)n(Cc2cccc(Cl)c2)c2ccccc12. The van der Waals surface area contributed by atoms with Gasteiger partial charge in [0.05, 0.1) is 11.3 Å². The molecule has 2 heterocycles. The van der Waals surface area contributed by atoms with Crippen LogP contribution < -0.4 is 5.01 Å². The van der Waals surface area contributed by atoms with Crippen LogP contribution in [0.1, 0.15) is 23.7 Å². The summed E-state index contributed by atoms with van der Waals surface area (Å²) in [6, 6.07) is 14.8. The van der Waals surface area contributed by atoms with Gasteiger partial charge in [0.15, 0.2) is 23.3 Å². The van der Waals surface area contributed by atoms with Gasteiger partial charge in [0, 0.05) is 33.7 Å². The van der Waals surface area contributed by atoms with Crippen molar-refractivity contribution in [2.24, 2.45) is 5.10 Å². The lowest BCUT2D eigenvalue weighted by atomic mass is 10.0. The molecule has 0 aliphatic carbocycles. The lowest BCUT2D eigenvalue weighted by molar-refractivity contribution is -0.114. The molecule has 0 atom stereocenters. The molecule has 1 amide bonds. The van der Waals surface area contributed by atoms with Crippen molar-refractivity contribution in [3.63, 3.8) is 0 Å². The number of amides is 1. The number of carbonyl (C=O) groups is 1. The van der Waals surface area contributed by atoms with E-state index >= 15 is 0 Å². The van der Waals surface area contributed by atoms with E-state index in [4.69, 9.17) is 11.6 Å². The third kappa shape index (κ3) is 3.99. The second-order valence-corrected chi connectivity index (χ2v) is 8.95. The number of hydrazone groups is 1. The molecule has 3 aromatic carbocycles. The Morgan fingerprint density at radius 1 is 0.892 bits per heavy atom. The maximum atomic E-state index is 14.4. The van der Waals surface area contributed by atoms with Crippen LogP contribution in [-0.4, -0.2) is 16.2 Å². The summed E-state index contributed by atoms with van der Waals surface area (Å²) in [6.07, 6.45) is 1.51. The number of fused-ring (bicyclic) bond motifs is 1. The van der Waals surface area contributed by atoms with Crippen LogP contribution in [0.4, 0.5) is 27.6 Å². The highest BCUT2D eigenvalue weighted by Crippen LogP contribution is 2.35. The largest absolute Gasteiger partial charge is 0.340 e. The molecule has 1 aliphatic rings. The van der Waals surface area contributed by atoms with Crippen LogP contribution in [0.2, 0.25) is 5.02 Å². The molecule has 0 unspecified atom stereocenters. The van der Waals surface area contributed by atoms with Gasteiger partial charge in [-0.2, -0.15) is 10.1 Å². The predicted molar refractivity (Wildman–Crippen MR) is 132 cm³/mol. The number of hydrogen-bond donors (Lipinski definition) is 0. The highest BCUT2D eigenvalue weighted by Gasteiger charge is 2.37. The summed E-state index contributed by atoms with van der Waals surface area (Å²) in [6.45, 7) is 3.74. The monoisotopic (exact) mass is 529 g/mol. The highest BCUT2D eigenvalue weighted by atomic mass is 35.5. The Hall–Kier alpha value is -3.98. The van der Waals surface area contributed by atoms with Crippen LogP contribution in [0, 0.1) is 36.0 Å². The summed E-state index contributed by atoms with van der Waals surface area (Å²) >= 11 is 6.14. The number of halogens is 6. The van der Waals surface area contributed by atoms with E-state index in [0.717, 1.165) is 22.2 Å². The van der Waals surface area contributed by atoms with Crippen molar-refractivity contribution in [3.05, 3.63) is 105 Å². The summed E-state index contributed by atoms with van der Waals surface area (Å²) in [7, 11) is 0. The average molecular weight is 530 g/mol. The van der Waals surface area contributed by atoms with E-state index in [1.165, 1.54) is 13.0 Å². The lowest BCUT2D eigenvalue weighted by Crippen LogP contribution is -2.25. The van der Waals surface area contributed by atoms with Gasteiger partial charge in [0.25, 0.3) is 5.91 Å². The molecule has 0 saturated carbocycles. The molecule has 4 aromatic rings. The van der Waals surface area contributed by atoms with Gasteiger partial charge in [-0.3, -0.25) is 4.79 Å². The fourth-order valence-corrected chi connectivity index (χ4v) is 4.63. The average Bonchev–Trinajstić information content (AvgIpc) is 3.30.